The molecule has 1 aromatic heterocycles. The molecule has 0 bridgehead atoms. The van der Waals surface area contributed by atoms with Crippen molar-refractivity contribution >= 4 is 22.8 Å². The molecule has 0 unspecified atom stereocenters. The van der Waals surface area contributed by atoms with Crippen molar-refractivity contribution in [2.75, 3.05) is 6.61 Å². The van der Waals surface area contributed by atoms with E-state index in [2.05, 4.69) is 16.5 Å². The number of hydrogen-bond acceptors (Lipinski definition) is 6. The van der Waals surface area contributed by atoms with Crippen LogP contribution in [0.15, 0.2) is 28.8 Å². The third-order valence-corrected chi connectivity index (χ3v) is 4.15. The molecule has 1 heterocycles. The molecule has 124 valence electrons. The van der Waals surface area contributed by atoms with Gasteiger partial charge in [0, 0.05) is 5.39 Å². The van der Waals surface area contributed by atoms with E-state index in [-0.39, 0.29) is 12.3 Å². The van der Waals surface area contributed by atoms with Gasteiger partial charge in [-0.1, -0.05) is 17.3 Å². The van der Waals surface area contributed by atoms with Crippen molar-refractivity contribution < 1.29 is 18.8 Å². The first-order valence-corrected chi connectivity index (χ1v) is 7.73. The van der Waals surface area contributed by atoms with E-state index in [9.17, 15) is 14.9 Å². The number of carbonyl (C=O) groups excluding carboxylic acids is 2. The summed E-state index contributed by atoms with van der Waals surface area (Å²) in [6.07, 6.45) is 1.76. The lowest BCUT2D eigenvalue weighted by Gasteiger charge is -2.22. The Hall–Kier alpha value is -2.88. The van der Waals surface area contributed by atoms with Gasteiger partial charge in [-0.25, -0.2) is 0 Å². The average molecular weight is 327 g/mol. The summed E-state index contributed by atoms with van der Waals surface area (Å²) in [5, 5.41) is 16.4. The molecular formula is C17H17N3O4. The van der Waals surface area contributed by atoms with Crippen LogP contribution in [0, 0.1) is 17.2 Å². The molecule has 24 heavy (non-hydrogen) atoms. The third kappa shape index (κ3) is 3.38. The van der Waals surface area contributed by atoms with Crippen LogP contribution < -0.4 is 5.32 Å². The number of nitriles is 1. The number of nitrogens with zero attached hydrogens (tertiary/aromatic N) is 2. The lowest BCUT2D eigenvalue weighted by molar-refractivity contribution is -0.148. The molecule has 1 N–H and O–H groups in total. The van der Waals surface area contributed by atoms with E-state index < -0.39 is 24.0 Å². The molecule has 0 radical (unpaired) electrons. The van der Waals surface area contributed by atoms with E-state index in [1.807, 2.05) is 12.1 Å². The number of aromatic nitrogens is 1. The molecule has 7 heteroatoms. The number of carbonyl (C=O) groups is 2. The Morgan fingerprint density at radius 1 is 1.46 bits per heavy atom. The fraction of sp³-hybridized carbons (Fsp3) is 0.412. The van der Waals surface area contributed by atoms with Crippen molar-refractivity contribution in [2.24, 2.45) is 5.92 Å². The minimum absolute atomic E-state index is 0.0809. The second kappa shape index (κ2) is 6.32. The van der Waals surface area contributed by atoms with Crippen LogP contribution in [0.25, 0.3) is 11.0 Å². The van der Waals surface area contributed by atoms with Gasteiger partial charge in [0.2, 0.25) is 0 Å². The lowest BCUT2D eigenvalue weighted by atomic mass is 9.98. The van der Waals surface area contributed by atoms with Crippen LogP contribution in [0.3, 0.4) is 0 Å². The summed E-state index contributed by atoms with van der Waals surface area (Å²) in [6, 6.07) is 9.31. The van der Waals surface area contributed by atoms with Crippen LogP contribution in [-0.4, -0.2) is 29.2 Å². The lowest BCUT2D eigenvalue weighted by Crippen LogP contribution is -2.48. The minimum Gasteiger partial charge on any atom is -0.455 e. The summed E-state index contributed by atoms with van der Waals surface area (Å²) in [5.74, 6) is -0.887. The first kappa shape index (κ1) is 16.0. The van der Waals surface area contributed by atoms with Crippen molar-refractivity contribution in [1.82, 2.24) is 10.5 Å². The molecule has 7 nitrogen and oxygen atoms in total. The first-order chi connectivity index (χ1) is 11.5. The van der Waals surface area contributed by atoms with Gasteiger partial charge in [-0.3, -0.25) is 9.59 Å². The smallest absolute Gasteiger partial charge is 0.312 e. The number of amides is 1. The zero-order chi connectivity index (χ0) is 17.2. The van der Waals surface area contributed by atoms with E-state index in [1.165, 1.54) is 0 Å². The van der Waals surface area contributed by atoms with Gasteiger partial charge in [-0.2, -0.15) is 5.26 Å². The zero-order valence-corrected chi connectivity index (χ0v) is 13.2. The summed E-state index contributed by atoms with van der Waals surface area (Å²) in [5.41, 5.74) is 0.161. The maximum atomic E-state index is 11.9. The Labute approximate surface area is 138 Å². The SMILES string of the molecule is C[C@](C#N)(NC(=O)COC(=O)Cc1noc2ccccc12)C1CC1. The number of esters is 1. The number of nitrogens with one attached hydrogen (secondary N) is 1. The van der Waals surface area contributed by atoms with Crippen molar-refractivity contribution in [1.29, 1.82) is 5.26 Å². The van der Waals surface area contributed by atoms with Gasteiger partial charge in [0.1, 0.15) is 11.2 Å². The number of hydrogen-bond donors (Lipinski definition) is 1. The first-order valence-electron chi connectivity index (χ1n) is 7.73. The van der Waals surface area contributed by atoms with Crippen molar-refractivity contribution in [3.05, 3.63) is 30.0 Å². The molecule has 0 aliphatic heterocycles. The molecule has 1 atom stereocenters. The predicted octanol–water partition coefficient (Wildman–Crippen LogP) is 1.72. The van der Waals surface area contributed by atoms with E-state index in [4.69, 9.17) is 9.26 Å². The highest BCUT2D eigenvalue weighted by Gasteiger charge is 2.43. The summed E-state index contributed by atoms with van der Waals surface area (Å²) < 4.78 is 10.1. The van der Waals surface area contributed by atoms with E-state index in [0.29, 0.717) is 11.3 Å². The standard InChI is InChI=1S/C17H17N3O4/c1-17(10-18,11-6-7-11)19-15(21)9-23-16(22)8-13-12-4-2-3-5-14(12)24-20-13/h2-5,11H,6-9H2,1H3,(H,19,21)/t17-/m1/s1. The average Bonchev–Trinajstić information content (AvgIpc) is 3.37. The predicted molar refractivity (Wildman–Crippen MR) is 83.6 cm³/mol. The van der Waals surface area contributed by atoms with Gasteiger partial charge in [-0.15, -0.1) is 0 Å². The maximum absolute atomic E-state index is 11.9. The fourth-order valence-corrected chi connectivity index (χ4v) is 2.61. The normalized spacial score (nSPS) is 16.2. The van der Waals surface area contributed by atoms with Gasteiger partial charge in [-0.05, 0) is 37.8 Å². The monoisotopic (exact) mass is 327 g/mol. The number of ether oxygens (including phenoxy) is 1. The highest BCUT2D eigenvalue weighted by molar-refractivity contribution is 5.85. The van der Waals surface area contributed by atoms with Gasteiger partial charge < -0.3 is 14.6 Å². The van der Waals surface area contributed by atoms with Crippen LogP contribution in [0.1, 0.15) is 25.5 Å². The fourth-order valence-electron chi connectivity index (χ4n) is 2.61. The molecule has 3 rings (SSSR count). The number of benzene rings is 1. The second-order valence-electron chi connectivity index (χ2n) is 6.10. The highest BCUT2D eigenvalue weighted by atomic mass is 16.5. The summed E-state index contributed by atoms with van der Waals surface area (Å²) in [6.45, 7) is 1.27. The summed E-state index contributed by atoms with van der Waals surface area (Å²) in [7, 11) is 0. The molecule has 1 saturated carbocycles. The molecule has 0 spiro atoms. The molecule has 1 fully saturated rings. The molecular weight excluding hydrogens is 310 g/mol. The quantitative estimate of drug-likeness (QED) is 0.810. The summed E-state index contributed by atoms with van der Waals surface area (Å²) >= 11 is 0. The van der Waals surface area contributed by atoms with Crippen molar-refractivity contribution in [3.63, 3.8) is 0 Å². The maximum Gasteiger partial charge on any atom is 0.312 e. The molecule has 1 aromatic carbocycles. The number of para-hydroxylation sites is 1. The van der Waals surface area contributed by atoms with E-state index >= 15 is 0 Å². The third-order valence-electron chi connectivity index (χ3n) is 4.15. The Morgan fingerprint density at radius 2 is 2.21 bits per heavy atom. The highest BCUT2D eigenvalue weighted by Crippen LogP contribution is 2.39. The van der Waals surface area contributed by atoms with Gasteiger partial charge in [0.15, 0.2) is 12.2 Å². The molecule has 0 saturated heterocycles. The molecule has 2 aromatic rings. The molecule has 1 amide bonds. The Bertz CT molecular complexity index is 819. The van der Waals surface area contributed by atoms with E-state index in [0.717, 1.165) is 18.2 Å². The van der Waals surface area contributed by atoms with Crippen LogP contribution >= 0.6 is 0 Å². The topological polar surface area (TPSA) is 105 Å². The van der Waals surface area contributed by atoms with Gasteiger partial charge in [0.25, 0.3) is 5.91 Å². The minimum atomic E-state index is -0.897. The van der Waals surface area contributed by atoms with Crippen LogP contribution in [0.4, 0.5) is 0 Å². The van der Waals surface area contributed by atoms with Gasteiger partial charge in [0.05, 0.1) is 12.5 Å². The number of rotatable bonds is 6. The van der Waals surface area contributed by atoms with Crippen LogP contribution in [0.5, 0.6) is 0 Å². The van der Waals surface area contributed by atoms with Crippen molar-refractivity contribution in [3.8, 4) is 6.07 Å². The number of fused-ring (bicyclic) bond motifs is 1. The zero-order valence-electron chi connectivity index (χ0n) is 13.2. The van der Waals surface area contributed by atoms with Crippen LogP contribution in [0.2, 0.25) is 0 Å². The Kier molecular flexibility index (Phi) is 4.21. The second-order valence-corrected chi connectivity index (χ2v) is 6.10. The largest absolute Gasteiger partial charge is 0.455 e. The summed E-state index contributed by atoms with van der Waals surface area (Å²) in [4.78, 5) is 23.8. The molecule has 1 aliphatic rings. The Morgan fingerprint density at radius 3 is 2.92 bits per heavy atom. The van der Waals surface area contributed by atoms with Crippen LogP contribution in [-0.2, 0) is 20.7 Å². The van der Waals surface area contributed by atoms with E-state index in [1.54, 1.807) is 19.1 Å². The Balaban J connectivity index is 1.52. The molecule has 1 aliphatic carbocycles. The van der Waals surface area contributed by atoms with Crippen molar-refractivity contribution in [2.45, 2.75) is 31.7 Å². The van der Waals surface area contributed by atoms with Gasteiger partial charge >= 0.3 is 5.97 Å².